The molecule has 8 aromatic rings. The van der Waals surface area contributed by atoms with Crippen molar-refractivity contribution in [2.24, 2.45) is 0 Å². The summed E-state index contributed by atoms with van der Waals surface area (Å²) in [4.78, 5) is 26.2. The molecule has 0 amide bonds. The predicted molar refractivity (Wildman–Crippen MR) is 269 cm³/mol. The van der Waals surface area contributed by atoms with Crippen molar-refractivity contribution in [3.63, 3.8) is 0 Å². The van der Waals surface area contributed by atoms with Gasteiger partial charge in [-0.1, -0.05) is 72.8 Å². The van der Waals surface area contributed by atoms with Crippen LogP contribution in [0.4, 0.5) is 52.7 Å². The maximum atomic E-state index is 14.9. The summed E-state index contributed by atoms with van der Waals surface area (Å²) in [5.41, 5.74) is -17.2. The van der Waals surface area contributed by atoms with Crippen LogP contribution in [0.1, 0.15) is 54.1 Å². The second-order valence-corrected chi connectivity index (χ2v) is 22.1. The van der Waals surface area contributed by atoms with Gasteiger partial charge in [-0.3, -0.25) is 14.6 Å². The summed E-state index contributed by atoms with van der Waals surface area (Å²) in [5.74, 6) is -6.06. The third-order valence-electron chi connectivity index (χ3n) is 13.0. The topological polar surface area (TPSA) is 226 Å². The first-order valence-electron chi connectivity index (χ1n) is 23.5. The van der Waals surface area contributed by atoms with Crippen LogP contribution in [0.25, 0.3) is 0 Å². The number of hydrogen-bond donors (Lipinski definition) is 2. The SMILES string of the molecule is O=C(c1cccc(SOO[O-])c1)c1cc(S(=O)(=O)c2ccc(Oc3ccc(C(c4ccc(O)cc4)(C(F)(F)F)C(F)(F)F)cc3)c(C(=O)c3cccc(S(=O)(=O)[O-])c3)c2)ccc1Oc1ccc(C(c2ccc(O)cc2)(C(F)(F)F)C(F)(F)F)cc1.[Na+].[Na+]. The van der Waals surface area contributed by atoms with Crippen molar-refractivity contribution in [3.05, 3.63) is 226 Å². The van der Waals surface area contributed by atoms with Crippen LogP contribution in [0.5, 0.6) is 34.5 Å². The molecular weight excluding hydrogens is 1270 g/mol. The number of rotatable bonds is 18. The van der Waals surface area contributed by atoms with Gasteiger partial charge in [-0.25, -0.2) is 16.8 Å². The van der Waals surface area contributed by atoms with Gasteiger partial charge in [-0.2, -0.15) is 57.0 Å². The van der Waals surface area contributed by atoms with Crippen molar-refractivity contribution >= 4 is 43.6 Å². The van der Waals surface area contributed by atoms with Gasteiger partial charge in [0.15, 0.2) is 11.6 Å². The Morgan fingerprint density at radius 1 is 0.437 bits per heavy atom. The van der Waals surface area contributed by atoms with Gasteiger partial charge in [0.2, 0.25) is 20.7 Å². The van der Waals surface area contributed by atoms with Gasteiger partial charge in [-0.05, 0) is 131 Å². The van der Waals surface area contributed by atoms with Gasteiger partial charge < -0.3 is 29.5 Å². The van der Waals surface area contributed by atoms with Crippen molar-refractivity contribution < 1.29 is 177 Å². The third kappa shape index (κ3) is 13.9. The first kappa shape index (κ1) is 69.6. The van der Waals surface area contributed by atoms with E-state index in [0.717, 1.165) is 48.5 Å². The van der Waals surface area contributed by atoms with E-state index in [-0.39, 0.29) is 69.6 Å². The summed E-state index contributed by atoms with van der Waals surface area (Å²) in [6.45, 7) is 0. The molecule has 0 aliphatic carbocycles. The molecule has 0 atom stereocenters. The van der Waals surface area contributed by atoms with E-state index in [4.69, 9.17) is 9.47 Å². The molecule has 0 unspecified atom stereocenters. The number of carbonyl (C=O) groups excluding carboxylic acids is 2. The van der Waals surface area contributed by atoms with E-state index < -0.39 is 155 Å². The third-order valence-corrected chi connectivity index (χ3v) is 16.1. The fraction of sp³-hybridized carbons (Fsp3) is 0.107. The van der Waals surface area contributed by atoms with Gasteiger partial charge in [0.05, 0.1) is 37.9 Å². The van der Waals surface area contributed by atoms with E-state index in [1.54, 1.807) is 0 Å². The molecule has 8 rings (SSSR count). The summed E-state index contributed by atoms with van der Waals surface area (Å²) >= 11 is 0.314. The normalized spacial score (nSPS) is 12.6. The number of ether oxygens (including phenoxy) is 2. The maximum Gasteiger partial charge on any atom is 1.00 e. The molecule has 0 saturated carbocycles. The van der Waals surface area contributed by atoms with Crippen LogP contribution in [-0.2, 0) is 40.2 Å². The minimum absolute atomic E-state index is 0. The second kappa shape index (κ2) is 26.3. The van der Waals surface area contributed by atoms with E-state index in [9.17, 15) is 99.1 Å². The van der Waals surface area contributed by atoms with Gasteiger partial charge in [0.1, 0.15) is 44.6 Å². The summed E-state index contributed by atoms with van der Waals surface area (Å²) < 4.78 is 260. The number of aromatic hydroxyl groups is 2. The molecule has 14 nitrogen and oxygen atoms in total. The number of phenolic OH excluding ortho intramolecular Hbond substituents is 2. The Bertz CT molecular complexity index is 4030. The number of ketones is 2. The van der Waals surface area contributed by atoms with E-state index in [0.29, 0.717) is 127 Å². The number of halogens is 12. The minimum Gasteiger partial charge on any atom is -0.744 e. The zero-order valence-corrected chi connectivity index (χ0v) is 50.3. The molecule has 0 bridgehead atoms. The fourth-order valence-electron chi connectivity index (χ4n) is 9.05. The first-order chi connectivity index (χ1) is 39.6. The van der Waals surface area contributed by atoms with Crippen LogP contribution in [-0.4, -0.2) is 67.9 Å². The van der Waals surface area contributed by atoms with Gasteiger partial charge in [-0.15, -0.1) is 0 Å². The van der Waals surface area contributed by atoms with Crippen LogP contribution in [0.2, 0.25) is 0 Å². The molecular formula is C56H32F12Na2O14S3. The van der Waals surface area contributed by atoms with E-state index in [2.05, 4.69) is 9.37 Å². The predicted octanol–water partition coefficient (Wildman–Crippen LogP) is 6.94. The average molecular weight is 1300 g/mol. The van der Waals surface area contributed by atoms with Crippen molar-refractivity contribution in [2.75, 3.05) is 0 Å². The Labute approximate surface area is 532 Å². The van der Waals surface area contributed by atoms with Crippen LogP contribution in [0.3, 0.4) is 0 Å². The standard InChI is InChI=1S/C56H34F12O14S3.2Na/c57-53(58,59)51(54(60,61)62,33-7-15-37(69)16-8-33)35-11-19-39(20-12-35)79-47-25-23-42(29-45(47)49(71)31-3-1-5-41(27-31)83-82-81-73)84(74,75)43-24-26-48(46(30-43)50(72)32-4-2-6-44(28-32)85(76,77)78)80-40-21-13-36(14-22-40)52(55(63,64)65,56(66,67)68)34-9-17-38(70)18-10-34;;/h1-30,69-70,73H,(H,76,77,78);;/q;2*+1/p-2. The molecule has 31 heteroatoms. The number of phenols is 2. The van der Waals surface area contributed by atoms with E-state index >= 15 is 0 Å². The molecule has 0 saturated heterocycles. The van der Waals surface area contributed by atoms with Crippen LogP contribution in [0, 0.1) is 0 Å². The number of sulfone groups is 1. The van der Waals surface area contributed by atoms with Crippen LogP contribution in [0.15, 0.2) is 202 Å². The minimum atomic E-state index is -6.07. The summed E-state index contributed by atoms with van der Waals surface area (Å²) in [6, 6.07) is 21.1. The van der Waals surface area contributed by atoms with Crippen molar-refractivity contribution in [2.45, 2.75) is 55.1 Å². The molecule has 0 aliphatic heterocycles. The molecule has 0 heterocycles. The fourth-order valence-corrected chi connectivity index (χ4v) is 11.3. The molecule has 2 N–H and O–H groups in total. The van der Waals surface area contributed by atoms with Crippen LogP contribution < -0.4 is 73.8 Å². The molecule has 87 heavy (non-hydrogen) atoms. The van der Waals surface area contributed by atoms with E-state index in [1.807, 2.05) is 0 Å². The number of benzene rings is 8. The molecule has 0 aliphatic rings. The maximum absolute atomic E-state index is 14.9. The number of carbonyl (C=O) groups is 2. The van der Waals surface area contributed by atoms with Gasteiger partial charge in [0, 0.05) is 16.0 Å². The molecule has 444 valence electrons. The van der Waals surface area contributed by atoms with Gasteiger partial charge in [0.25, 0.3) is 0 Å². The Hall–Kier alpha value is -6.45. The van der Waals surface area contributed by atoms with E-state index in [1.165, 1.54) is 18.2 Å². The van der Waals surface area contributed by atoms with Crippen molar-refractivity contribution in [1.82, 2.24) is 0 Å². The number of hydrogen-bond acceptors (Lipinski definition) is 15. The molecule has 0 fully saturated rings. The number of alkyl halides is 12. The van der Waals surface area contributed by atoms with Gasteiger partial charge >= 0.3 is 83.8 Å². The smallest absolute Gasteiger partial charge is 0.744 e. The largest absolute Gasteiger partial charge is 1.00 e. The average Bonchev–Trinajstić information content (AvgIpc) is 0.772. The Balaban J connectivity index is 0.00000605. The van der Waals surface area contributed by atoms with Crippen LogP contribution >= 0.6 is 12.0 Å². The summed E-state index contributed by atoms with van der Waals surface area (Å²) in [6.07, 6.45) is -24.3. The molecule has 0 spiro atoms. The monoisotopic (exact) mass is 1300 g/mol. The van der Waals surface area contributed by atoms with Crippen molar-refractivity contribution in [3.8, 4) is 34.5 Å². The molecule has 0 aromatic heterocycles. The second-order valence-electron chi connectivity index (χ2n) is 18.0. The summed E-state index contributed by atoms with van der Waals surface area (Å²) in [5, 5.41) is 33.2. The molecule has 0 radical (unpaired) electrons. The molecule has 8 aromatic carbocycles. The Morgan fingerprint density at radius 2 is 0.782 bits per heavy atom. The van der Waals surface area contributed by atoms with Crippen molar-refractivity contribution in [1.29, 1.82) is 0 Å². The zero-order chi connectivity index (χ0) is 62.3. The first-order valence-corrected chi connectivity index (χ1v) is 27.1. The quantitative estimate of drug-likeness (QED) is 0.0169. The Morgan fingerprint density at radius 3 is 1.13 bits per heavy atom. The summed E-state index contributed by atoms with van der Waals surface area (Å²) in [7, 11) is -10.4. The zero-order valence-electron chi connectivity index (χ0n) is 43.9. The Kier molecular flexibility index (Phi) is 21.1.